The zero-order valence-electron chi connectivity index (χ0n) is 17.7. The van der Waals surface area contributed by atoms with Crippen molar-refractivity contribution in [2.45, 2.75) is 11.8 Å². The largest absolute Gasteiger partial charge is 0.472 e. The Morgan fingerprint density at radius 2 is 1.64 bits per heavy atom. The van der Waals surface area contributed by atoms with Gasteiger partial charge in [-0.15, -0.1) is 0 Å². The number of aryl methyl sites for hydroxylation is 1. The fourth-order valence-electron chi connectivity index (χ4n) is 3.57. The van der Waals surface area contributed by atoms with E-state index in [0.717, 1.165) is 28.1 Å². The van der Waals surface area contributed by atoms with Crippen LogP contribution in [-0.2, 0) is 10.0 Å². The van der Waals surface area contributed by atoms with E-state index in [1.165, 1.54) is 6.33 Å². The van der Waals surface area contributed by atoms with Crippen molar-refractivity contribution in [2.75, 3.05) is 9.62 Å². The highest BCUT2D eigenvalue weighted by atomic mass is 32.2. The van der Waals surface area contributed by atoms with Crippen LogP contribution in [0, 0.1) is 6.92 Å². The molecule has 0 fully saturated rings. The van der Waals surface area contributed by atoms with Crippen LogP contribution in [-0.4, -0.2) is 18.4 Å². The molecule has 1 N–H and O–H groups in total. The number of fused-ring (bicyclic) bond motifs is 1. The lowest BCUT2D eigenvalue weighted by atomic mass is 10.2. The molecule has 0 spiro atoms. The first-order valence-electron chi connectivity index (χ1n) is 10.2. The van der Waals surface area contributed by atoms with Gasteiger partial charge in [-0.2, -0.15) is 0 Å². The van der Waals surface area contributed by atoms with Crippen LogP contribution in [0.2, 0.25) is 0 Å². The quantitative estimate of drug-likeness (QED) is 0.350. The van der Waals surface area contributed by atoms with Gasteiger partial charge in [-0.25, -0.2) is 18.4 Å². The molecule has 0 saturated carbocycles. The Bertz CT molecular complexity index is 1420. The number of rotatable bonds is 6. The average molecular weight is 457 g/mol. The molecular formula is C25H20N4O3S. The smallest absolute Gasteiger partial charge is 0.261 e. The van der Waals surface area contributed by atoms with Crippen LogP contribution >= 0.6 is 0 Å². The highest BCUT2D eigenvalue weighted by Gasteiger charge is 2.19. The fraction of sp³-hybridized carbons (Fsp3) is 0.0400. The van der Waals surface area contributed by atoms with Crippen molar-refractivity contribution in [3.63, 3.8) is 0 Å². The molecule has 8 heteroatoms. The van der Waals surface area contributed by atoms with Crippen LogP contribution in [0.25, 0.3) is 11.1 Å². The summed E-state index contributed by atoms with van der Waals surface area (Å²) in [6.07, 6.45) is 6.50. The fourth-order valence-corrected chi connectivity index (χ4v) is 4.63. The highest BCUT2D eigenvalue weighted by molar-refractivity contribution is 7.92. The maximum atomic E-state index is 12.7. The number of benzene rings is 2. The van der Waals surface area contributed by atoms with Crippen LogP contribution in [0.3, 0.4) is 0 Å². The van der Waals surface area contributed by atoms with E-state index >= 15 is 0 Å². The summed E-state index contributed by atoms with van der Waals surface area (Å²) in [6.45, 7) is 1.91. The Morgan fingerprint density at radius 1 is 0.879 bits per heavy atom. The van der Waals surface area contributed by atoms with Gasteiger partial charge in [0.2, 0.25) is 0 Å². The second kappa shape index (κ2) is 8.40. The Balaban J connectivity index is 1.48. The molecule has 7 nitrogen and oxygen atoms in total. The lowest BCUT2D eigenvalue weighted by molar-refractivity contribution is 0.552. The molecule has 2 aromatic carbocycles. The average Bonchev–Trinajstić information content (AvgIpc) is 3.25. The Labute approximate surface area is 191 Å². The van der Waals surface area contributed by atoms with Crippen LogP contribution < -0.4 is 9.62 Å². The third-order valence-corrected chi connectivity index (χ3v) is 6.62. The summed E-state index contributed by atoms with van der Waals surface area (Å²) in [7, 11) is -3.68. The first kappa shape index (κ1) is 20.7. The number of hydrogen-bond acceptors (Lipinski definition) is 6. The zero-order valence-corrected chi connectivity index (χ0v) is 18.5. The first-order valence-corrected chi connectivity index (χ1v) is 11.7. The standard InChI is InChI=1S/C25H20N4O3S/c1-18-2-8-24(9-3-18)33(30,31)28-21-4-6-22(7-5-21)29(25-10-12-26-17-27-25)23-14-19-11-13-32-16-20(19)15-23/h2-17,28H,1H3. The van der Waals surface area contributed by atoms with E-state index in [-0.39, 0.29) is 4.90 Å². The maximum Gasteiger partial charge on any atom is 0.261 e. The van der Waals surface area contributed by atoms with Gasteiger partial charge in [-0.1, -0.05) is 17.7 Å². The Kier molecular flexibility index (Phi) is 5.27. The molecule has 0 bridgehead atoms. The molecule has 5 rings (SSSR count). The van der Waals surface area contributed by atoms with Gasteiger partial charge in [-0.3, -0.25) is 9.62 Å². The monoisotopic (exact) mass is 456 g/mol. The van der Waals surface area contributed by atoms with Crippen molar-refractivity contribution in [1.82, 2.24) is 9.97 Å². The van der Waals surface area contributed by atoms with Gasteiger partial charge in [0.15, 0.2) is 0 Å². The molecule has 33 heavy (non-hydrogen) atoms. The van der Waals surface area contributed by atoms with E-state index in [2.05, 4.69) is 14.7 Å². The van der Waals surface area contributed by atoms with Crippen LogP contribution in [0.1, 0.15) is 5.56 Å². The molecule has 1 aromatic heterocycles. The van der Waals surface area contributed by atoms with Gasteiger partial charge in [-0.05, 0) is 73.2 Å². The van der Waals surface area contributed by atoms with E-state index in [9.17, 15) is 8.42 Å². The molecule has 1 aliphatic heterocycles. The van der Waals surface area contributed by atoms with Crippen molar-refractivity contribution >= 4 is 32.9 Å². The number of anilines is 4. The van der Waals surface area contributed by atoms with Crippen molar-refractivity contribution < 1.29 is 12.8 Å². The molecular weight excluding hydrogens is 436 g/mol. The summed E-state index contributed by atoms with van der Waals surface area (Å²) in [4.78, 5) is 10.6. The topological polar surface area (TPSA) is 88.3 Å². The minimum atomic E-state index is -3.68. The van der Waals surface area contributed by atoms with Crippen molar-refractivity contribution in [3.05, 3.63) is 103 Å². The number of nitrogens with zero attached hydrogens (tertiary/aromatic N) is 3. The molecule has 0 unspecified atom stereocenters. The van der Waals surface area contributed by atoms with E-state index in [4.69, 9.17) is 4.42 Å². The summed E-state index contributed by atoms with van der Waals surface area (Å²) in [6, 6.07) is 21.6. The minimum Gasteiger partial charge on any atom is -0.472 e. The first-order chi connectivity index (χ1) is 16.0. The van der Waals surface area contributed by atoms with Crippen molar-refractivity contribution in [2.24, 2.45) is 0 Å². The van der Waals surface area contributed by atoms with E-state index < -0.39 is 10.0 Å². The van der Waals surface area contributed by atoms with E-state index in [0.29, 0.717) is 11.5 Å². The second-order valence-electron chi connectivity index (χ2n) is 7.55. The molecule has 0 saturated heterocycles. The Hall–Kier alpha value is -4.17. The maximum absolute atomic E-state index is 12.7. The third kappa shape index (κ3) is 4.28. The minimum absolute atomic E-state index is 0.216. The number of nitrogens with one attached hydrogen (secondary N) is 1. The van der Waals surface area contributed by atoms with Gasteiger partial charge in [0.05, 0.1) is 17.4 Å². The second-order valence-corrected chi connectivity index (χ2v) is 9.23. The predicted octanol–water partition coefficient (Wildman–Crippen LogP) is 5.75. The number of sulfonamides is 1. The molecule has 2 heterocycles. The number of aromatic nitrogens is 2. The lowest BCUT2D eigenvalue weighted by Gasteiger charge is -2.23. The molecule has 0 atom stereocenters. The molecule has 1 aliphatic carbocycles. The summed E-state index contributed by atoms with van der Waals surface area (Å²) in [5.74, 6) is 0.685. The van der Waals surface area contributed by atoms with Crippen molar-refractivity contribution in [1.29, 1.82) is 0 Å². The summed E-state index contributed by atoms with van der Waals surface area (Å²) in [5.41, 5.74) is 5.19. The molecule has 0 radical (unpaired) electrons. The van der Waals surface area contributed by atoms with Gasteiger partial charge >= 0.3 is 0 Å². The van der Waals surface area contributed by atoms with Gasteiger partial charge < -0.3 is 4.42 Å². The van der Waals surface area contributed by atoms with Gasteiger partial charge in [0, 0.05) is 28.8 Å². The number of hydrogen-bond donors (Lipinski definition) is 1. The molecule has 3 aromatic rings. The van der Waals surface area contributed by atoms with Gasteiger partial charge in [0.1, 0.15) is 12.1 Å². The van der Waals surface area contributed by atoms with E-state index in [1.54, 1.807) is 55.1 Å². The zero-order chi connectivity index (χ0) is 22.8. The molecule has 164 valence electrons. The van der Waals surface area contributed by atoms with Crippen molar-refractivity contribution in [3.8, 4) is 11.1 Å². The SMILES string of the molecule is Cc1ccc(S(=O)(=O)Nc2ccc(N(c3cc4ccocc-4c3)c3ccncn3)cc2)cc1. The van der Waals surface area contributed by atoms with E-state index in [1.807, 2.05) is 48.2 Å². The Morgan fingerprint density at radius 3 is 2.33 bits per heavy atom. The van der Waals surface area contributed by atoms with Crippen LogP contribution in [0.4, 0.5) is 22.9 Å². The normalized spacial score (nSPS) is 11.4. The summed E-state index contributed by atoms with van der Waals surface area (Å²) in [5, 5.41) is 0. The lowest BCUT2D eigenvalue weighted by Crippen LogP contribution is -2.13. The van der Waals surface area contributed by atoms with Gasteiger partial charge in [0.25, 0.3) is 10.0 Å². The molecule has 0 amide bonds. The van der Waals surface area contributed by atoms with Crippen LogP contribution in [0.5, 0.6) is 0 Å². The summed E-state index contributed by atoms with van der Waals surface area (Å²) >= 11 is 0. The third-order valence-electron chi connectivity index (χ3n) is 5.22. The van der Waals surface area contributed by atoms with Crippen LogP contribution in [0.15, 0.2) is 107 Å². The predicted molar refractivity (Wildman–Crippen MR) is 128 cm³/mol. The summed E-state index contributed by atoms with van der Waals surface area (Å²) < 4.78 is 33.4. The molecule has 2 aliphatic rings. The highest BCUT2D eigenvalue weighted by Crippen LogP contribution is 2.39.